The summed E-state index contributed by atoms with van der Waals surface area (Å²) in [7, 11) is 0. The van der Waals surface area contributed by atoms with Gasteiger partial charge in [0.2, 0.25) is 0 Å². The zero-order chi connectivity index (χ0) is 19.4. The van der Waals surface area contributed by atoms with Crippen molar-refractivity contribution in [1.29, 1.82) is 0 Å². The summed E-state index contributed by atoms with van der Waals surface area (Å²) in [5, 5.41) is 0. The Labute approximate surface area is 238 Å². The Morgan fingerprint density at radius 2 is 0.560 bits per heavy atom. The predicted molar refractivity (Wildman–Crippen MR) is 145 cm³/mol. The molecule has 0 nitrogen and oxygen atoms in total. The maximum atomic E-state index is 3.95. The third-order valence-electron chi connectivity index (χ3n) is 3.36. The van der Waals surface area contributed by atoms with E-state index >= 15 is 0 Å². The van der Waals surface area contributed by atoms with Crippen LogP contribution in [0.2, 0.25) is 0 Å². The summed E-state index contributed by atoms with van der Waals surface area (Å²) >= 11 is 40.6. The highest BCUT2D eigenvalue weighted by Crippen LogP contribution is 2.57. The van der Waals surface area contributed by atoms with Crippen molar-refractivity contribution in [2.45, 2.75) is 11.2 Å². The van der Waals surface area contributed by atoms with E-state index in [1.165, 1.54) is 0 Å². The van der Waals surface area contributed by atoms with E-state index in [9.17, 15) is 0 Å². The van der Waals surface area contributed by atoms with Crippen LogP contribution in [0.25, 0.3) is 0 Å². The highest BCUT2D eigenvalue weighted by Gasteiger charge is 2.38. The summed E-state index contributed by atoms with van der Waals surface area (Å²) in [4.78, 5) is 0. The first kappa shape index (κ1) is 25.0. The molecule has 0 aliphatic carbocycles. The fourth-order valence-electron chi connectivity index (χ4n) is 2.16. The molecule has 0 N–H and O–H groups in total. The van der Waals surface area contributed by atoms with Crippen molar-refractivity contribution in [3.05, 3.63) is 55.9 Å². The average molecular weight is 1050 g/mol. The SMILES string of the molecule is CC(Br)(c1c(Br)c(Br)c(Br)c(Br)c1Br)c1c(Br)c(Br)c(Br)c(Br)c1Br. The molecule has 0 saturated heterocycles. The second-order valence-electron chi connectivity index (χ2n) is 4.89. The van der Waals surface area contributed by atoms with E-state index in [0.29, 0.717) is 0 Å². The van der Waals surface area contributed by atoms with Gasteiger partial charge < -0.3 is 0 Å². The molecule has 0 atom stereocenters. The summed E-state index contributed by atoms with van der Waals surface area (Å²) in [5.41, 5.74) is 2.05. The molecule has 0 radical (unpaired) electrons. The molecule has 0 aliphatic rings. The first-order valence-electron chi connectivity index (χ1n) is 6.08. The Morgan fingerprint density at radius 3 is 0.760 bits per heavy atom. The zero-order valence-corrected chi connectivity index (χ0v) is 29.1. The van der Waals surface area contributed by atoms with Crippen LogP contribution in [0, 0.1) is 0 Å². The van der Waals surface area contributed by atoms with Crippen molar-refractivity contribution < 1.29 is 0 Å². The molecule has 136 valence electrons. The van der Waals surface area contributed by atoms with E-state index in [4.69, 9.17) is 0 Å². The third-order valence-corrected chi connectivity index (χ3v) is 16.3. The van der Waals surface area contributed by atoms with E-state index in [1.54, 1.807) is 0 Å². The monoisotopic (exact) mass is 1040 g/mol. The lowest BCUT2D eigenvalue weighted by atomic mass is 9.93. The van der Waals surface area contributed by atoms with Crippen LogP contribution in [0.3, 0.4) is 0 Å². The number of rotatable bonds is 2. The van der Waals surface area contributed by atoms with Crippen LogP contribution >= 0.6 is 175 Å². The summed E-state index contributed by atoms with van der Waals surface area (Å²) in [6.45, 7) is 2.10. The molecule has 11 heteroatoms. The Morgan fingerprint density at radius 1 is 0.400 bits per heavy atom. The lowest BCUT2D eigenvalue weighted by molar-refractivity contribution is 0.830. The maximum Gasteiger partial charge on any atom is 0.0772 e. The van der Waals surface area contributed by atoms with Gasteiger partial charge in [-0.1, -0.05) is 15.9 Å². The van der Waals surface area contributed by atoms with Gasteiger partial charge in [-0.25, -0.2) is 0 Å². The van der Waals surface area contributed by atoms with Crippen LogP contribution in [0.1, 0.15) is 18.1 Å². The molecule has 0 saturated carbocycles. The Kier molecular flexibility index (Phi) is 9.46. The van der Waals surface area contributed by atoms with Crippen molar-refractivity contribution in [1.82, 2.24) is 0 Å². The topological polar surface area (TPSA) is 0 Å². The van der Waals surface area contributed by atoms with Gasteiger partial charge in [-0.15, -0.1) is 0 Å². The van der Waals surface area contributed by atoms with Gasteiger partial charge in [0.1, 0.15) is 0 Å². The quantitative estimate of drug-likeness (QED) is 0.160. The first-order chi connectivity index (χ1) is 11.4. The smallest absolute Gasteiger partial charge is 0.0750 e. The standard InChI is InChI=1S/C14H3Br11/c1-14(25,2-4(15)8(19)12(23)9(20)5(2)16)3-6(17)10(21)13(24)11(22)7(3)18/h1H3. The van der Waals surface area contributed by atoms with E-state index in [1.807, 2.05) is 0 Å². The van der Waals surface area contributed by atoms with Crippen LogP contribution in [0.5, 0.6) is 0 Å². The minimum atomic E-state index is -0.542. The van der Waals surface area contributed by atoms with Crippen molar-refractivity contribution in [2.75, 3.05) is 0 Å². The molecule has 2 aromatic carbocycles. The van der Waals surface area contributed by atoms with Crippen LogP contribution in [-0.4, -0.2) is 0 Å². The largest absolute Gasteiger partial charge is 0.0772 e. The van der Waals surface area contributed by atoms with Crippen molar-refractivity contribution in [3.63, 3.8) is 0 Å². The molecular formula is C14H3Br11. The maximum absolute atomic E-state index is 3.95. The summed E-state index contributed by atoms with van der Waals surface area (Å²) < 4.78 is 8.73. The van der Waals surface area contributed by atoms with Crippen molar-refractivity contribution >= 4 is 175 Å². The summed E-state index contributed by atoms with van der Waals surface area (Å²) in [6, 6.07) is 0. The minimum Gasteiger partial charge on any atom is -0.0750 e. The molecule has 2 rings (SSSR count). The van der Waals surface area contributed by atoms with E-state index in [0.717, 1.165) is 55.9 Å². The fourth-order valence-corrected chi connectivity index (χ4v) is 11.7. The molecule has 25 heavy (non-hydrogen) atoms. The van der Waals surface area contributed by atoms with Gasteiger partial charge in [0.15, 0.2) is 0 Å². The second kappa shape index (κ2) is 9.47. The molecule has 0 aliphatic heterocycles. The summed E-state index contributed by atoms with van der Waals surface area (Å²) in [5.74, 6) is 0. The Bertz CT molecular complexity index is 756. The average Bonchev–Trinajstić information content (AvgIpc) is 2.54. The number of alkyl halides is 1. The first-order valence-corrected chi connectivity index (χ1v) is 14.8. The number of hydrogen-bond acceptors (Lipinski definition) is 0. The van der Waals surface area contributed by atoms with E-state index in [2.05, 4.69) is 182 Å². The molecule has 0 fully saturated rings. The lowest BCUT2D eigenvalue weighted by Gasteiger charge is -2.31. The highest BCUT2D eigenvalue weighted by atomic mass is 79.9. The summed E-state index contributed by atoms with van der Waals surface area (Å²) in [6.07, 6.45) is 0. The van der Waals surface area contributed by atoms with Crippen LogP contribution in [-0.2, 0) is 4.32 Å². The number of benzene rings is 2. The van der Waals surface area contributed by atoms with Crippen LogP contribution in [0.4, 0.5) is 0 Å². The van der Waals surface area contributed by atoms with Gasteiger partial charge in [0.05, 0.1) is 4.32 Å². The predicted octanol–water partition coefficient (Wildman–Crippen LogP) is 12.0. The molecule has 0 aromatic heterocycles. The number of hydrogen-bond donors (Lipinski definition) is 0. The Hall–Kier alpha value is 3.72. The van der Waals surface area contributed by atoms with Gasteiger partial charge in [-0.05, 0) is 166 Å². The van der Waals surface area contributed by atoms with E-state index < -0.39 is 4.32 Å². The molecule has 0 unspecified atom stereocenters. The number of halogens is 11. The van der Waals surface area contributed by atoms with Crippen molar-refractivity contribution in [2.24, 2.45) is 0 Å². The minimum absolute atomic E-state index is 0.542. The molecule has 2 aromatic rings. The highest BCUT2D eigenvalue weighted by molar-refractivity contribution is 9.16. The van der Waals surface area contributed by atoms with Crippen LogP contribution in [0.15, 0.2) is 44.7 Å². The van der Waals surface area contributed by atoms with Crippen LogP contribution < -0.4 is 0 Å². The molecular weight excluding hydrogens is 1050 g/mol. The van der Waals surface area contributed by atoms with Gasteiger partial charge in [0, 0.05) is 55.9 Å². The molecule has 0 heterocycles. The fraction of sp³-hybridized carbons (Fsp3) is 0.143. The van der Waals surface area contributed by atoms with Crippen molar-refractivity contribution in [3.8, 4) is 0 Å². The van der Waals surface area contributed by atoms with E-state index in [-0.39, 0.29) is 0 Å². The molecule has 0 spiro atoms. The molecule has 0 amide bonds. The van der Waals surface area contributed by atoms with Gasteiger partial charge in [-0.2, -0.15) is 0 Å². The normalized spacial score (nSPS) is 12.0. The van der Waals surface area contributed by atoms with Gasteiger partial charge in [-0.3, -0.25) is 0 Å². The lowest BCUT2D eigenvalue weighted by Crippen LogP contribution is -2.19. The zero-order valence-electron chi connectivity index (χ0n) is 11.7. The Balaban J connectivity index is 2.96. The van der Waals surface area contributed by atoms with Gasteiger partial charge in [0.25, 0.3) is 0 Å². The third kappa shape index (κ3) is 4.52. The molecule has 0 bridgehead atoms. The second-order valence-corrected chi connectivity index (χ2v) is 14.4. The van der Waals surface area contributed by atoms with Gasteiger partial charge >= 0.3 is 0 Å².